The first-order valence-electron chi connectivity index (χ1n) is 5.38. The molecule has 2 aromatic rings. The first-order chi connectivity index (χ1) is 9.06. The number of aromatic amines is 2. The van der Waals surface area contributed by atoms with Crippen LogP contribution in [0.1, 0.15) is 22.0 Å². The average Bonchev–Trinajstić information content (AvgIpc) is 2.96. The highest BCUT2D eigenvalue weighted by atomic mass is 16.4. The topological polar surface area (TPSA) is 136 Å². The van der Waals surface area contributed by atoms with Gasteiger partial charge in [-0.05, 0) is 13.0 Å². The maximum absolute atomic E-state index is 11.6. The summed E-state index contributed by atoms with van der Waals surface area (Å²) in [6.45, 7) is 1.86. The van der Waals surface area contributed by atoms with Gasteiger partial charge in [0.05, 0.1) is 12.2 Å². The number of urea groups is 1. The van der Waals surface area contributed by atoms with E-state index in [0.29, 0.717) is 11.5 Å². The van der Waals surface area contributed by atoms with Crippen LogP contribution in [0.3, 0.4) is 0 Å². The number of carboxylic acid groups (broad SMARTS) is 1. The van der Waals surface area contributed by atoms with Crippen LogP contribution in [0.5, 0.6) is 0 Å². The Balaban J connectivity index is 1.97. The summed E-state index contributed by atoms with van der Waals surface area (Å²) in [7, 11) is 0. The molecule has 5 N–H and O–H groups in total. The maximum atomic E-state index is 11.6. The summed E-state index contributed by atoms with van der Waals surface area (Å²) >= 11 is 0. The molecule has 9 heteroatoms. The highest BCUT2D eigenvalue weighted by Gasteiger charge is 2.15. The molecule has 2 amide bonds. The molecule has 2 heterocycles. The van der Waals surface area contributed by atoms with Crippen molar-refractivity contribution in [3.05, 3.63) is 29.6 Å². The molecule has 100 valence electrons. The lowest BCUT2D eigenvalue weighted by atomic mass is 10.3. The third kappa shape index (κ3) is 3.09. The molecule has 0 saturated carbocycles. The van der Waals surface area contributed by atoms with Gasteiger partial charge in [0.15, 0.2) is 0 Å². The van der Waals surface area contributed by atoms with Crippen molar-refractivity contribution in [1.82, 2.24) is 25.5 Å². The second kappa shape index (κ2) is 5.21. The third-order valence-corrected chi connectivity index (χ3v) is 2.30. The number of carboxylic acids is 1. The normalized spacial score (nSPS) is 10.2. The lowest BCUT2D eigenvalue weighted by molar-refractivity contribution is 0.0692. The predicted molar refractivity (Wildman–Crippen MR) is 64.7 cm³/mol. The van der Waals surface area contributed by atoms with Gasteiger partial charge in [0.25, 0.3) is 0 Å². The molecule has 0 unspecified atom stereocenters. The molecule has 0 spiro atoms. The minimum atomic E-state index is -1.14. The fraction of sp³-hybridized carbons (Fsp3) is 0.200. The number of aryl methyl sites for hydroxylation is 1. The van der Waals surface area contributed by atoms with Crippen molar-refractivity contribution in [3.63, 3.8) is 0 Å². The number of rotatable bonds is 4. The van der Waals surface area contributed by atoms with Gasteiger partial charge in [-0.2, -0.15) is 5.10 Å². The van der Waals surface area contributed by atoms with E-state index in [0.717, 1.165) is 0 Å². The van der Waals surface area contributed by atoms with Crippen LogP contribution >= 0.6 is 0 Å². The number of carbonyl (C=O) groups excluding carboxylic acids is 1. The Morgan fingerprint density at radius 1 is 1.47 bits per heavy atom. The molecule has 9 nitrogen and oxygen atoms in total. The van der Waals surface area contributed by atoms with Crippen LogP contribution in [0, 0.1) is 6.92 Å². The summed E-state index contributed by atoms with van der Waals surface area (Å²) in [6.07, 6.45) is 1.33. The number of nitrogens with one attached hydrogen (secondary N) is 4. The van der Waals surface area contributed by atoms with Crippen LogP contribution < -0.4 is 10.6 Å². The Morgan fingerprint density at radius 2 is 2.26 bits per heavy atom. The maximum Gasteiger partial charge on any atom is 0.354 e. The smallest absolute Gasteiger partial charge is 0.354 e. The number of hydrogen-bond donors (Lipinski definition) is 5. The summed E-state index contributed by atoms with van der Waals surface area (Å²) < 4.78 is 0. The molecular formula is C10H12N6O3. The molecule has 2 rings (SSSR count). The minimum absolute atomic E-state index is 0.0627. The highest BCUT2D eigenvalue weighted by molar-refractivity contribution is 5.99. The summed E-state index contributed by atoms with van der Waals surface area (Å²) in [5, 5.41) is 20.1. The summed E-state index contributed by atoms with van der Waals surface area (Å²) in [4.78, 5) is 29.0. The monoisotopic (exact) mass is 264 g/mol. The van der Waals surface area contributed by atoms with Crippen LogP contribution in [-0.4, -0.2) is 37.3 Å². The molecule has 0 fully saturated rings. The van der Waals surface area contributed by atoms with Crippen molar-refractivity contribution in [2.75, 3.05) is 5.32 Å². The molecule has 2 aromatic heterocycles. The standard InChI is InChI=1S/C10H12N6O3/c1-5-2-6(8(14-5)9(17)18)15-10(19)11-3-7-12-4-13-16-7/h2,4,14H,3H2,1H3,(H,17,18)(H2,11,15,19)(H,12,13,16). The van der Waals surface area contributed by atoms with E-state index in [9.17, 15) is 9.59 Å². The fourth-order valence-corrected chi connectivity index (χ4v) is 1.50. The van der Waals surface area contributed by atoms with Crippen LogP contribution in [-0.2, 0) is 6.54 Å². The minimum Gasteiger partial charge on any atom is -0.477 e. The van der Waals surface area contributed by atoms with Gasteiger partial charge in [-0.1, -0.05) is 0 Å². The predicted octanol–water partition coefficient (Wildman–Crippen LogP) is 0.461. The molecule has 0 aliphatic rings. The zero-order valence-electron chi connectivity index (χ0n) is 10.0. The molecule has 0 bridgehead atoms. The Kier molecular flexibility index (Phi) is 3.46. The van der Waals surface area contributed by atoms with Crippen LogP contribution in [0.4, 0.5) is 10.5 Å². The van der Waals surface area contributed by atoms with Crippen LogP contribution in [0.2, 0.25) is 0 Å². The zero-order valence-corrected chi connectivity index (χ0v) is 10.0. The average molecular weight is 264 g/mol. The molecule has 19 heavy (non-hydrogen) atoms. The van der Waals surface area contributed by atoms with Gasteiger partial charge in [0.2, 0.25) is 0 Å². The molecule has 0 aliphatic heterocycles. The second-order valence-electron chi connectivity index (χ2n) is 3.79. The number of aromatic carboxylic acids is 1. The Hall–Kier alpha value is -2.84. The SMILES string of the molecule is Cc1cc(NC(=O)NCc2ncn[nH]2)c(C(=O)O)[nH]1. The van der Waals surface area contributed by atoms with Gasteiger partial charge >= 0.3 is 12.0 Å². The van der Waals surface area contributed by atoms with E-state index in [1.807, 2.05) is 0 Å². The fourth-order valence-electron chi connectivity index (χ4n) is 1.50. The van der Waals surface area contributed by atoms with Crippen molar-refractivity contribution < 1.29 is 14.7 Å². The van der Waals surface area contributed by atoms with E-state index in [2.05, 4.69) is 30.8 Å². The van der Waals surface area contributed by atoms with Crippen LogP contribution in [0.25, 0.3) is 0 Å². The number of aromatic nitrogens is 4. The first kappa shape index (κ1) is 12.6. The van der Waals surface area contributed by atoms with E-state index < -0.39 is 12.0 Å². The van der Waals surface area contributed by atoms with Crippen molar-refractivity contribution >= 4 is 17.7 Å². The summed E-state index contributed by atoms with van der Waals surface area (Å²) in [5.41, 5.74) is 0.787. The number of H-pyrrole nitrogens is 2. The van der Waals surface area contributed by atoms with Gasteiger partial charge in [-0.25, -0.2) is 14.6 Å². The molecule has 0 saturated heterocycles. The van der Waals surface area contributed by atoms with E-state index in [1.165, 1.54) is 12.4 Å². The van der Waals surface area contributed by atoms with Gasteiger partial charge in [-0.3, -0.25) is 5.10 Å². The number of amides is 2. The Bertz CT molecular complexity index is 588. The number of nitrogens with zero attached hydrogens (tertiary/aromatic N) is 2. The molecule has 0 atom stereocenters. The Labute approximate surface area is 107 Å². The third-order valence-electron chi connectivity index (χ3n) is 2.30. The first-order valence-corrected chi connectivity index (χ1v) is 5.38. The molecule has 0 aromatic carbocycles. The van der Waals surface area contributed by atoms with Gasteiger partial charge < -0.3 is 20.7 Å². The number of carbonyl (C=O) groups is 2. The zero-order chi connectivity index (χ0) is 13.8. The van der Waals surface area contributed by atoms with Crippen molar-refractivity contribution in [3.8, 4) is 0 Å². The van der Waals surface area contributed by atoms with E-state index in [1.54, 1.807) is 6.92 Å². The number of hydrogen-bond acceptors (Lipinski definition) is 4. The van der Waals surface area contributed by atoms with E-state index in [-0.39, 0.29) is 17.9 Å². The summed E-state index contributed by atoms with van der Waals surface area (Å²) in [6, 6.07) is 1.01. The van der Waals surface area contributed by atoms with Crippen molar-refractivity contribution in [2.45, 2.75) is 13.5 Å². The molecule has 0 aliphatic carbocycles. The Morgan fingerprint density at radius 3 is 2.89 bits per heavy atom. The summed E-state index contributed by atoms with van der Waals surface area (Å²) in [5.74, 6) is -0.641. The van der Waals surface area contributed by atoms with Crippen molar-refractivity contribution in [1.29, 1.82) is 0 Å². The van der Waals surface area contributed by atoms with Gasteiger partial charge in [0, 0.05) is 5.69 Å². The van der Waals surface area contributed by atoms with E-state index >= 15 is 0 Å². The molecule has 0 radical (unpaired) electrons. The van der Waals surface area contributed by atoms with Crippen LogP contribution in [0.15, 0.2) is 12.4 Å². The highest BCUT2D eigenvalue weighted by Crippen LogP contribution is 2.16. The quantitative estimate of drug-likeness (QED) is 0.546. The van der Waals surface area contributed by atoms with E-state index in [4.69, 9.17) is 5.11 Å². The van der Waals surface area contributed by atoms with Gasteiger partial charge in [0.1, 0.15) is 17.8 Å². The lowest BCUT2D eigenvalue weighted by Gasteiger charge is -2.05. The largest absolute Gasteiger partial charge is 0.477 e. The van der Waals surface area contributed by atoms with Gasteiger partial charge in [-0.15, -0.1) is 0 Å². The molecular weight excluding hydrogens is 252 g/mol. The number of anilines is 1. The second-order valence-corrected chi connectivity index (χ2v) is 3.79. The lowest BCUT2D eigenvalue weighted by Crippen LogP contribution is -2.29. The van der Waals surface area contributed by atoms with Crippen molar-refractivity contribution in [2.24, 2.45) is 0 Å².